The lowest BCUT2D eigenvalue weighted by Gasteiger charge is -2.14. The second kappa shape index (κ2) is 6.77. The number of benzene rings is 1. The summed E-state index contributed by atoms with van der Waals surface area (Å²) < 4.78 is 5.49. The van der Waals surface area contributed by atoms with Gasteiger partial charge in [-0.25, -0.2) is 0 Å². The van der Waals surface area contributed by atoms with Crippen molar-refractivity contribution in [3.8, 4) is 0 Å². The normalized spacial score (nSPS) is 13.1. The van der Waals surface area contributed by atoms with Crippen molar-refractivity contribution in [2.75, 3.05) is 13.2 Å². The number of aliphatic hydroxyl groups is 1. The molecule has 0 aliphatic carbocycles. The second-order valence-electron chi connectivity index (χ2n) is 5.19. The van der Waals surface area contributed by atoms with E-state index in [1.165, 1.54) is 11.1 Å². The summed E-state index contributed by atoms with van der Waals surface area (Å²) in [7, 11) is 0. The van der Waals surface area contributed by atoms with E-state index in [0.717, 1.165) is 18.6 Å². The Morgan fingerprint density at radius 3 is 2.24 bits per heavy atom. The molecule has 0 bridgehead atoms. The number of aliphatic hydroxyl groups excluding tert-OH is 1. The first kappa shape index (κ1) is 14.2. The summed E-state index contributed by atoms with van der Waals surface area (Å²) in [5, 5.41) is 10.0. The number of hydrogen-bond donors (Lipinski definition) is 1. The predicted octanol–water partition coefficient (Wildman–Crippen LogP) is 3.40. The van der Waals surface area contributed by atoms with Gasteiger partial charge in [0.15, 0.2) is 0 Å². The van der Waals surface area contributed by atoms with Gasteiger partial charge < -0.3 is 9.84 Å². The Kier molecular flexibility index (Phi) is 5.66. The monoisotopic (exact) mass is 236 g/mol. The molecule has 1 unspecified atom stereocenters. The molecule has 0 saturated heterocycles. The van der Waals surface area contributed by atoms with E-state index in [4.69, 9.17) is 4.74 Å². The third-order valence-corrected chi connectivity index (χ3v) is 2.74. The fourth-order valence-electron chi connectivity index (χ4n) is 1.81. The Morgan fingerprint density at radius 2 is 1.71 bits per heavy atom. The molecule has 2 heteroatoms. The van der Waals surface area contributed by atoms with Gasteiger partial charge in [-0.3, -0.25) is 0 Å². The highest BCUT2D eigenvalue weighted by Gasteiger charge is 2.08. The van der Waals surface area contributed by atoms with Crippen molar-refractivity contribution in [1.82, 2.24) is 0 Å². The third kappa shape index (κ3) is 5.33. The fourth-order valence-corrected chi connectivity index (χ4v) is 1.81. The summed E-state index contributed by atoms with van der Waals surface area (Å²) in [5.74, 6) is 0.647. The van der Waals surface area contributed by atoms with Crippen molar-refractivity contribution in [1.29, 1.82) is 0 Å². The van der Waals surface area contributed by atoms with E-state index in [1.807, 2.05) is 26.0 Å². The summed E-state index contributed by atoms with van der Waals surface area (Å²) in [5.41, 5.74) is 3.31. The highest BCUT2D eigenvalue weighted by Crippen LogP contribution is 2.17. The van der Waals surface area contributed by atoms with Crippen molar-refractivity contribution in [2.24, 2.45) is 5.92 Å². The first-order valence-electron chi connectivity index (χ1n) is 6.33. The highest BCUT2D eigenvalue weighted by molar-refractivity contribution is 5.29. The molecule has 1 N–H and O–H groups in total. The van der Waals surface area contributed by atoms with Crippen molar-refractivity contribution in [3.05, 3.63) is 34.9 Å². The van der Waals surface area contributed by atoms with E-state index in [9.17, 15) is 5.11 Å². The van der Waals surface area contributed by atoms with Crippen molar-refractivity contribution in [2.45, 2.75) is 40.2 Å². The average molecular weight is 236 g/mol. The molecule has 1 aromatic rings. The van der Waals surface area contributed by atoms with Crippen LogP contribution >= 0.6 is 0 Å². The molecular weight excluding hydrogens is 212 g/mol. The van der Waals surface area contributed by atoms with Crippen LogP contribution in [0, 0.1) is 19.8 Å². The molecule has 0 aromatic heterocycles. The van der Waals surface area contributed by atoms with Gasteiger partial charge in [-0.05, 0) is 31.7 Å². The van der Waals surface area contributed by atoms with Crippen LogP contribution in [0.15, 0.2) is 18.2 Å². The minimum Gasteiger partial charge on any atom is -0.386 e. The van der Waals surface area contributed by atoms with Crippen LogP contribution in [0.1, 0.15) is 43.1 Å². The van der Waals surface area contributed by atoms with Gasteiger partial charge in [-0.15, -0.1) is 0 Å². The molecule has 2 nitrogen and oxygen atoms in total. The highest BCUT2D eigenvalue weighted by atomic mass is 16.5. The van der Waals surface area contributed by atoms with E-state index in [2.05, 4.69) is 19.9 Å². The molecule has 0 radical (unpaired) electrons. The Morgan fingerprint density at radius 1 is 1.12 bits per heavy atom. The van der Waals surface area contributed by atoms with Gasteiger partial charge in [-0.1, -0.05) is 43.2 Å². The number of aryl methyl sites for hydroxylation is 2. The van der Waals surface area contributed by atoms with Crippen LogP contribution in [0.4, 0.5) is 0 Å². The molecule has 1 aromatic carbocycles. The van der Waals surface area contributed by atoms with Crippen LogP contribution in [0.3, 0.4) is 0 Å². The van der Waals surface area contributed by atoms with Gasteiger partial charge in [0.2, 0.25) is 0 Å². The lowest BCUT2D eigenvalue weighted by Crippen LogP contribution is -2.09. The van der Waals surface area contributed by atoms with Gasteiger partial charge in [0, 0.05) is 6.61 Å². The largest absolute Gasteiger partial charge is 0.386 e. The molecule has 1 atom stereocenters. The average Bonchev–Trinajstić information content (AvgIpc) is 2.22. The quantitative estimate of drug-likeness (QED) is 0.767. The van der Waals surface area contributed by atoms with E-state index >= 15 is 0 Å². The summed E-state index contributed by atoms with van der Waals surface area (Å²) in [6.07, 6.45) is 0.528. The molecule has 96 valence electrons. The van der Waals surface area contributed by atoms with E-state index in [1.54, 1.807) is 0 Å². The molecule has 0 amide bonds. The van der Waals surface area contributed by atoms with E-state index in [-0.39, 0.29) is 0 Å². The van der Waals surface area contributed by atoms with Gasteiger partial charge in [0.05, 0.1) is 6.61 Å². The van der Waals surface area contributed by atoms with Gasteiger partial charge in [-0.2, -0.15) is 0 Å². The summed E-state index contributed by atoms with van der Waals surface area (Å²) in [6, 6.07) is 6.14. The zero-order chi connectivity index (χ0) is 12.8. The maximum absolute atomic E-state index is 10.0. The smallest absolute Gasteiger partial charge is 0.102 e. The topological polar surface area (TPSA) is 29.5 Å². The van der Waals surface area contributed by atoms with Crippen LogP contribution in [0.25, 0.3) is 0 Å². The molecule has 0 aliphatic rings. The zero-order valence-electron chi connectivity index (χ0n) is 11.4. The summed E-state index contributed by atoms with van der Waals surface area (Å²) >= 11 is 0. The van der Waals surface area contributed by atoms with Gasteiger partial charge >= 0.3 is 0 Å². The van der Waals surface area contributed by atoms with Crippen LogP contribution in [-0.4, -0.2) is 18.3 Å². The maximum atomic E-state index is 10.0. The molecule has 1 rings (SSSR count). The number of hydrogen-bond acceptors (Lipinski definition) is 2. The Hall–Kier alpha value is -0.860. The Bertz CT molecular complexity index is 325. The SMILES string of the molecule is Cc1cc(C)cc(C(O)COCCC(C)C)c1. The lowest BCUT2D eigenvalue weighted by molar-refractivity contribution is 0.0319. The minimum absolute atomic E-state index is 0.385. The lowest BCUT2D eigenvalue weighted by atomic mass is 10.0. The Balaban J connectivity index is 2.43. The van der Waals surface area contributed by atoms with Crippen LogP contribution in [0.5, 0.6) is 0 Å². The van der Waals surface area contributed by atoms with Crippen LogP contribution in [-0.2, 0) is 4.74 Å². The fraction of sp³-hybridized carbons (Fsp3) is 0.600. The van der Waals surface area contributed by atoms with Crippen molar-refractivity contribution >= 4 is 0 Å². The Labute approximate surface area is 105 Å². The molecule has 0 fully saturated rings. The molecule has 0 spiro atoms. The number of rotatable bonds is 6. The summed E-state index contributed by atoms with van der Waals surface area (Å²) in [4.78, 5) is 0. The van der Waals surface area contributed by atoms with Crippen molar-refractivity contribution in [3.63, 3.8) is 0 Å². The molecule has 0 aliphatic heterocycles. The first-order chi connectivity index (χ1) is 7.99. The molecule has 17 heavy (non-hydrogen) atoms. The molecule has 0 heterocycles. The predicted molar refractivity (Wildman–Crippen MR) is 71.1 cm³/mol. The minimum atomic E-state index is -0.513. The zero-order valence-corrected chi connectivity index (χ0v) is 11.4. The molecule has 0 saturated carbocycles. The van der Waals surface area contributed by atoms with Gasteiger partial charge in [0.25, 0.3) is 0 Å². The van der Waals surface area contributed by atoms with Gasteiger partial charge in [0.1, 0.15) is 6.10 Å². The summed E-state index contributed by atoms with van der Waals surface area (Å²) in [6.45, 7) is 9.54. The first-order valence-corrected chi connectivity index (χ1v) is 6.33. The van der Waals surface area contributed by atoms with Crippen LogP contribution < -0.4 is 0 Å². The van der Waals surface area contributed by atoms with Crippen molar-refractivity contribution < 1.29 is 9.84 Å². The second-order valence-corrected chi connectivity index (χ2v) is 5.19. The standard InChI is InChI=1S/C15H24O2/c1-11(2)5-6-17-10-15(16)14-8-12(3)7-13(4)9-14/h7-9,11,15-16H,5-6,10H2,1-4H3. The number of ether oxygens (including phenoxy) is 1. The van der Waals surface area contributed by atoms with Crippen LogP contribution in [0.2, 0.25) is 0 Å². The maximum Gasteiger partial charge on any atom is 0.102 e. The van der Waals surface area contributed by atoms with E-state index < -0.39 is 6.10 Å². The molecular formula is C15H24O2. The third-order valence-electron chi connectivity index (χ3n) is 2.74. The van der Waals surface area contributed by atoms with E-state index in [0.29, 0.717) is 12.5 Å².